The second kappa shape index (κ2) is 8.71. The summed E-state index contributed by atoms with van der Waals surface area (Å²) in [5.41, 5.74) is 2.22. The monoisotopic (exact) mass is 431 g/mol. The molecular weight excluding hydrogens is 386 g/mol. The van der Waals surface area contributed by atoms with E-state index in [-0.39, 0.29) is 11.5 Å². The molecule has 4 aliphatic carbocycles. The minimum atomic E-state index is -0.591. The van der Waals surface area contributed by atoms with E-state index in [1.54, 1.807) is 0 Å². The molecule has 8 atom stereocenters. The number of rotatable bonds is 7. The Morgan fingerprint density at radius 1 is 1.10 bits per heavy atom. The molecule has 31 heavy (non-hydrogen) atoms. The van der Waals surface area contributed by atoms with Crippen molar-refractivity contribution in [1.29, 1.82) is 0 Å². The van der Waals surface area contributed by atoms with E-state index in [1.807, 2.05) is 0 Å². The van der Waals surface area contributed by atoms with Crippen molar-refractivity contribution in [3.8, 4) is 0 Å². The third-order valence-electron chi connectivity index (χ3n) is 10.5. The molecule has 4 nitrogen and oxygen atoms in total. The molecular formula is C27H45NO3. The molecule has 176 valence electrons. The molecule has 0 saturated heterocycles. The van der Waals surface area contributed by atoms with Crippen molar-refractivity contribution in [2.75, 3.05) is 0 Å². The predicted octanol–water partition coefficient (Wildman–Crippen LogP) is 7.60. The molecule has 4 heteroatoms. The zero-order valence-electron chi connectivity index (χ0n) is 20.6. The van der Waals surface area contributed by atoms with E-state index < -0.39 is 5.09 Å². The summed E-state index contributed by atoms with van der Waals surface area (Å²) in [4.78, 5) is 15.8. The normalized spacial score (nSPS) is 42.9. The van der Waals surface area contributed by atoms with Crippen LogP contribution in [0.25, 0.3) is 0 Å². The maximum Gasteiger partial charge on any atom is 0.294 e. The maximum absolute atomic E-state index is 10.8. The van der Waals surface area contributed by atoms with E-state index in [0.717, 1.165) is 54.8 Å². The number of nitrogens with zero attached hydrogens (tertiary/aromatic N) is 1. The quantitative estimate of drug-likeness (QED) is 0.237. The fraction of sp³-hybridized carbons (Fsp3) is 0.926. The molecule has 4 aliphatic rings. The lowest BCUT2D eigenvalue weighted by Crippen LogP contribution is -2.51. The van der Waals surface area contributed by atoms with Crippen LogP contribution in [-0.4, -0.2) is 11.2 Å². The third kappa shape index (κ3) is 4.17. The van der Waals surface area contributed by atoms with Gasteiger partial charge in [0.25, 0.3) is 5.09 Å². The Morgan fingerprint density at radius 2 is 1.87 bits per heavy atom. The molecule has 3 saturated carbocycles. The van der Waals surface area contributed by atoms with Gasteiger partial charge in [0.15, 0.2) is 0 Å². The highest BCUT2D eigenvalue weighted by Crippen LogP contribution is 2.67. The van der Waals surface area contributed by atoms with Gasteiger partial charge in [-0.1, -0.05) is 65.5 Å². The van der Waals surface area contributed by atoms with E-state index in [1.165, 1.54) is 56.9 Å². The highest BCUT2D eigenvalue weighted by Gasteiger charge is 2.59. The SMILES string of the molecule is CC(C)CCC[C@H](C)[C@H]1CC[C@H]2[C@@H]3CC=C4C[C@@H](O[N+](=O)[O-])CC[C@]4(C)[C@H]3CC[C@]12C. The second-order valence-electron chi connectivity index (χ2n) is 12.5. The van der Waals surface area contributed by atoms with E-state index in [4.69, 9.17) is 4.84 Å². The molecule has 0 aromatic carbocycles. The average Bonchev–Trinajstić information content (AvgIpc) is 3.05. The van der Waals surface area contributed by atoms with Crippen molar-refractivity contribution in [1.82, 2.24) is 0 Å². The van der Waals surface area contributed by atoms with Gasteiger partial charge in [-0.25, -0.2) is 0 Å². The number of allylic oxidation sites excluding steroid dienone is 1. The first-order chi connectivity index (χ1) is 14.6. The van der Waals surface area contributed by atoms with Crippen molar-refractivity contribution in [3.05, 3.63) is 21.8 Å². The largest absolute Gasteiger partial charge is 0.310 e. The molecule has 0 heterocycles. The van der Waals surface area contributed by atoms with Gasteiger partial charge in [-0.15, -0.1) is 10.1 Å². The molecule has 0 N–H and O–H groups in total. The van der Waals surface area contributed by atoms with Crippen LogP contribution in [0, 0.1) is 56.5 Å². The van der Waals surface area contributed by atoms with Gasteiger partial charge in [0.05, 0.1) is 0 Å². The maximum atomic E-state index is 10.8. The summed E-state index contributed by atoms with van der Waals surface area (Å²) in [6.07, 6.45) is 15.8. The van der Waals surface area contributed by atoms with Gasteiger partial charge >= 0.3 is 0 Å². The van der Waals surface area contributed by atoms with E-state index in [0.29, 0.717) is 5.41 Å². The molecule has 0 amide bonds. The van der Waals surface area contributed by atoms with Crippen LogP contribution in [0.4, 0.5) is 0 Å². The number of fused-ring (bicyclic) bond motifs is 5. The molecule has 0 aliphatic heterocycles. The van der Waals surface area contributed by atoms with Crippen molar-refractivity contribution < 1.29 is 9.92 Å². The van der Waals surface area contributed by atoms with E-state index in [9.17, 15) is 10.1 Å². The van der Waals surface area contributed by atoms with Gasteiger partial charge in [0.2, 0.25) is 0 Å². The summed E-state index contributed by atoms with van der Waals surface area (Å²) in [7, 11) is 0. The van der Waals surface area contributed by atoms with Crippen LogP contribution in [0.3, 0.4) is 0 Å². The summed E-state index contributed by atoms with van der Waals surface area (Å²) in [5, 5.41) is 10.3. The summed E-state index contributed by atoms with van der Waals surface area (Å²) < 4.78 is 0. The predicted molar refractivity (Wildman–Crippen MR) is 125 cm³/mol. The minimum absolute atomic E-state index is 0.234. The van der Waals surface area contributed by atoms with Crippen LogP contribution in [0.1, 0.15) is 105 Å². The summed E-state index contributed by atoms with van der Waals surface area (Å²) in [6.45, 7) is 12.4. The zero-order chi connectivity index (χ0) is 22.4. The number of hydrogen-bond donors (Lipinski definition) is 0. The lowest BCUT2D eigenvalue weighted by molar-refractivity contribution is -0.769. The lowest BCUT2D eigenvalue weighted by Gasteiger charge is -2.58. The Bertz CT molecular complexity index is 703. The molecule has 0 spiro atoms. The standard InChI is InChI=1S/C27H45NO3/c1-18(2)7-6-8-19(3)23-11-12-24-22-10-9-20-17-21(31-28(29)30)13-15-26(20,4)25(22)14-16-27(23,24)5/h9,18-19,21-25H,6-8,10-17H2,1-5H3/t19-,21-,22-,23+,24-,25-,26-,27+/m0/s1. The molecule has 0 aromatic rings. The Kier molecular flexibility index (Phi) is 6.49. The van der Waals surface area contributed by atoms with Crippen LogP contribution in [0.15, 0.2) is 11.6 Å². The average molecular weight is 432 g/mol. The van der Waals surface area contributed by atoms with Gasteiger partial charge in [0, 0.05) is 0 Å². The first kappa shape index (κ1) is 23.1. The summed E-state index contributed by atoms with van der Waals surface area (Å²) >= 11 is 0. The molecule has 4 rings (SSSR count). The van der Waals surface area contributed by atoms with Crippen LogP contribution < -0.4 is 0 Å². The Morgan fingerprint density at radius 3 is 2.58 bits per heavy atom. The van der Waals surface area contributed by atoms with Gasteiger partial charge in [-0.05, 0) is 97.7 Å². The van der Waals surface area contributed by atoms with Crippen LogP contribution in [0.2, 0.25) is 0 Å². The Labute approximate surface area is 189 Å². The zero-order valence-corrected chi connectivity index (χ0v) is 20.6. The highest BCUT2D eigenvalue weighted by molar-refractivity contribution is 5.25. The molecule has 0 unspecified atom stereocenters. The molecule has 0 bridgehead atoms. The Balaban J connectivity index is 1.47. The molecule has 0 aromatic heterocycles. The van der Waals surface area contributed by atoms with Crippen molar-refractivity contribution >= 4 is 0 Å². The van der Waals surface area contributed by atoms with E-state index in [2.05, 4.69) is 40.7 Å². The van der Waals surface area contributed by atoms with Crippen molar-refractivity contribution in [3.63, 3.8) is 0 Å². The van der Waals surface area contributed by atoms with Crippen LogP contribution in [0.5, 0.6) is 0 Å². The van der Waals surface area contributed by atoms with Crippen LogP contribution in [-0.2, 0) is 4.84 Å². The topological polar surface area (TPSA) is 52.4 Å². The molecule has 3 fully saturated rings. The van der Waals surface area contributed by atoms with E-state index >= 15 is 0 Å². The highest BCUT2D eigenvalue weighted by atomic mass is 17.0. The van der Waals surface area contributed by atoms with Gasteiger partial charge < -0.3 is 4.84 Å². The van der Waals surface area contributed by atoms with Gasteiger partial charge in [-0.2, -0.15) is 0 Å². The van der Waals surface area contributed by atoms with Crippen molar-refractivity contribution in [2.45, 2.75) is 111 Å². The lowest BCUT2D eigenvalue weighted by atomic mass is 9.47. The van der Waals surface area contributed by atoms with Crippen LogP contribution >= 0.6 is 0 Å². The van der Waals surface area contributed by atoms with Gasteiger partial charge in [-0.3, -0.25) is 0 Å². The number of hydrogen-bond acceptors (Lipinski definition) is 3. The smallest absolute Gasteiger partial charge is 0.294 e. The first-order valence-electron chi connectivity index (χ1n) is 13.2. The Hall–Kier alpha value is -1.06. The fourth-order valence-electron chi connectivity index (χ4n) is 8.86. The summed E-state index contributed by atoms with van der Waals surface area (Å²) in [6, 6.07) is 0. The minimum Gasteiger partial charge on any atom is -0.310 e. The van der Waals surface area contributed by atoms with Crippen molar-refractivity contribution in [2.24, 2.45) is 46.3 Å². The first-order valence-corrected chi connectivity index (χ1v) is 13.2. The molecule has 0 radical (unpaired) electrons. The third-order valence-corrected chi connectivity index (χ3v) is 10.5. The second-order valence-corrected chi connectivity index (χ2v) is 12.5. The van der Waals surface area contributed by atoms with Gasteiger partial charge in [0.1, 0.15) is 6.10 Å². The fourth-order valence-corrected chi connectivity index (χ4v) is 8.86. The summed E-state index contributed by atoms with van der Waals surface area (Å²) in [5.74, 6) is 5.01.